The molecule has 0 amide bonds. The Morgan fingerprint density at radius 1 is 1.21 bits per heavy atom. The maximum Gasteiger partial charge on any atom is 0.123 e. The van der Waals surface area contributed by atoms with Gasteiger partial charge in [0.2, 0.25) is 0 Å². The Hall–Kier alpha value is -0.970. The van der Waals surface area contributed by atoms with Gasteiger partial charge in [-0.1, -0.05) is 26.0 Å². The molecule has 3 N–H and O–H groups in total. The van der Waals surface area contributed by atoms with Crippen LogP contribution in [0.2, 0.25) is 0 Å². The van der Waals surface area contributed by atoms with Crippen molar-refractivity contribution in [1.82, 2.24) is 4.90 Å². The average molecular weight is 268 g/mol. The molecule has 0 heterocycles. The number of aliphatic hydroxyl groups excluding tert-OH is 1. The number of hydrogen-bond donors (Lipinski definition) is 2. The molecule has 0 fully saturated rings. The molecule has 0 aromatic heterocycles. The van der Waals surface area contributed by atoms with Crippen LogP contribution >= 0.6 is 0 Å². The Morgan fingerprint density at radius 3 is 2.21 bits per heavy atom. The lowest BCUT2D eigenvalue weighted by Crippen LogP contribution is -2.42. The van der Waals surface area contributed by atoms with Crippen molar-refractivity contribution in [3.05, 3.63) is 35.6 Å². The quantitative estimate of drug-likeness (QED) is 0.760. The Morgan fingerprint density at radius 2 is 1.79 bits per heavy atom. The highest BCUT2D eigenvalue weighted by molar-refractivity contribution is 5.20. The topological polar surface area (TPSA) is 49.5 Å². The van der Waals surface area contributed by atoms with E-state index in [0.29, 0.717) is 19.1 Å². The van der Waals surface area contributed by atoms with Gasteiger partial charge >= 0.3 is 0 Å². The monoisotopic (exact) mass is 268 g/mol. The molecule has 0 aliphatic carbocycles. The molecule has 19 heavy (non-hydrogen) atoms. The smallest absolute Gasteiger partial charge is 0.123 e. The molecule has 0 saturated carbocycles. The normalized spacial score (nSPS) is 13.2. The molecule has 3 nitrogen and oxygen atoms in total. The number of hydrogen-bond acceptors (Lipinski definition) is 3. The third-order valence-corrected chi connectivity index (χ3v) is 3.65. The standard InChI is InChI=1S/C15H25FN2O/c1-3-14(4-2)18(9-10-19)15(11-17)12-5-7-13(16)8-6-12/h5-8,14-15,19H,3-4,9-11,17H2,1-2H3. The Balaban J connectivity index is 2.98. The van der Waals surface area contributed by atoms with E-state index in [4.69, 9.17) is 5.73 Å². The number of nitrogens with two attached hydrogens (primary N) is 1. The number of halogens is 1. The Kier molecular flexibility index (Phi) is 6.99. The highest BCUT2D eigenvalue weighted by Crippen LogP contribution is 2.24. The number of rotatable bonds is 8. The first kappa shape index (κ1) is 16.1. The van der Waals surface area contributed by atoms with Crippen molar-refractivity contribution in [3.8, 4) is 0 Å². The predicted octanol–water partition coefficient (Wildman–Crippen LogP) is 2.31. The first-order chi connectivity index (χ1) is 9.17. The van der Waals surface area contributed by atoms with E-state index in [2.05, 4.69) is 18.7 Å². The van der Waals surface area contributed by atoms with Gasteiger partial charge in [-0.2, -0.15) is 0 Å². The van der Waals surface area contributed by atoms with Crippen molar-refractivity contribution in [1.29, 1.82) is 0 Å². The molecule has 1 aromatic carbocycles. The summed E-state index contributed by atoms with van der Waals surface area (Å²) in [6, 6.07) is 6.88. The van der Waals surface area contributed by atoms with Crippen molar-refractivity contribution in [2.75, 3.05) is 19.7 Å². The molecular formula is C15H25FN2O. The summed E-state index contributed by atoms with van der Waals surface area (Å²) in [5.74, 6) is -0.240. The molecule has 1 unspecified atom stereocenters. The summed E-state index contributed by atoms with van der Waals surface area (Å²) in [5, 5.41) is 9.27. The lowest BCUT2D eigenvalue weighted by atomic mass is 10.0. The molecule has 4 heteroatoms. The summed E-state index contributed by atoms with van der Waals surface area (Å²) in [7, 11) is 0. The van der Waals surface area contributed by atoms with Crippen molar-refractivity contribution in [2.24, 2.45) is 5.73 Å². The molecule has 0 aliphatic rings. The van der Waals surface area contributed by atoms with E-state index in [-0.39, 0.29) is 18.5 Å². The van der Waals surface area contributed by atoms with E-state index in [0.717, 1.165) is 18.4 Å². The maximum absolute atomic E-state index is 13.0. The number of aliphatic hydroxyl groups is 1. The summed E-state index contributed by atoms with van der Waals surface area (Å²) < 4.78 is 13.0. The minimum atomic E-state index is -0.240. The van der Waals surface area contributed by atoms with Crippen molar-refractivity contribution < 1.29 is 9.50 Å². The molecule has 1 atom stereocenters. The second-order valence-corrected chi connectivity index (χ2v) is 4.73. The molecule has 0 saturated heterocycles. The zero-order valence-electron chi connectivity index (χ0n) is 11.8. The van der Waals surface area contributed by atoms with Gasteiger partial charge in [0.15, 0.2) is 0 Å². The molecular weight excluding hydrogens is 243 g/mol. The van der Waals surface area contributed by atoms with Crippen LogP contribution in [0.15, 0.2) is 24.3 Å². The summed E-state index contributed by atoms with van der Waals surface area (Å²) in [6.07, 6.45) is 2.02. The van der Waals surface area contributed by atoms with E-state index in [1.807, 2.05) is 0 Å². The van der Waals surface area contributed by atoms with Gasteiger partial charge in [-0.05, 0) is 30.5 Å². The summed E-state index contributed by atoms with van der Waals surface area (Å²) in [6.45, 7) is 5.43. The molecule has 0 spiro atoms. The molecule has 1 rings (SSSR count). The summed E-state index contributed by atoms with van der Waals surface area (Å²) >= 11 is 0. The average Bonchev–Trinajstić information content (AvgIpc) is 2.43. The van der Waals surface area contributed by atoms with Gasteiger partial charge in [0.05, 0.1) is 6.61 Å². The number of benzene rings is 1. The number of nitrogens with zero attached hydrogens (tertiary/aromatic N) is 1. The SMILES string of the molecule is CCC(CC)N(CCO)C(CN)c1ccc(F)cc1. The van der Waals surface area contributed by atoms with Gasteiger partial charge in [-0.25, -0.2) is 4.39 Å². The highest BCUT2D eigenvalue weighted by atomic mass is 19.1. The highest BCUT2D eigenvalue weighted by Gasteiger charge is 2.24. The van der Waals surface area contributed by atoms with Gasteiger partial charge in [0, 0.05) is 25.2 Å². The van der Waals surface area contributed by atoms with Crippen LogP contribution in [-0.2, 0) is 0 Å². The Labute approximate surface area is 115 Å². The minimum absolute atomic E-state index is 0.0256. The fraction of sp³-hybridized carbons (Fsp3) is 0.600. The van der Waals surface area contributed by atoms with E-state index in [1.165, 1.54) is 12.1 Å². The zero-order valence-corrected chi connectivity index (χ0v) is 11.8. The van der Waals surface area contributed by atoms with Crippen LogP contribution in [0.4, 0.5) is 4.39 Å². The molecule has 0 bridgehead atoms. The lowest BCUT2D eigenvalue weighted by Gasteiger charge is -2.37. The zero-order chi connectivity index (χ0) is 14.3. The molecule has 1 aromatic rings. The van der Waals surface area contributed by atoms with Crippen LogP contribution in [0.1, 0.15) is 38.3 Å². The predicted molar refractivity (Wildman–Crippen MR) is 76.4 cm³/mol. The van der Waals surface area contributed by atoms with Crippen molar-refractivity contribution >= 4 is 0 Å². The van der Waals surface area contributed by atoms with E-state index < -0.39 is 0 Å². The van der Waals surface area contributed by atoms with Gasteiger partial charge in [-0.3, -0.25) is 4.90 Å². The van der Waals surface area contributed by atoms with Crippen LogP contribution in [0.25, 0.3) is 0 Å². The van der Waals surface area contributed by atoms with Gasteiger partial charge in [-0.15, -0.1) is 0 Å². The second kappa shape index (κ2) is 8.25. The van der Waals surface area contributed by atoms with Gasteiger partial charge in [0.25, 0.3) is 0 Å². The van der Waals surface area contributed by atoms with Crippen LogP contribution in [0, 0.1) is 5.82 Å². The third kappa shape index (κ3) is 4.27. The fourth-order valence-electron chi connectivity index (χ4n) is 2.61. The first-order valence-electron chi connectivity index (χ1n) is 7.00. The largest absolute Gasteiger partial charge is 0.395 e. The molecule has 0 radical (unpaired) electrons. The van der Waals surface area contributed by atoms with E-state index >= 15 is 0 Å². The van der Waals surface area contributed by atoms with E-state index in [9.17, 15) is 9.50 Å². The van der Waals surface area contributed by atoms with Gasteiger partial charge in [0.1, 0.15) is 5.82 Å². The minimum Gasteiger partial charge on any atom is -0.395 e. The summed E-state index contributed by atoms with van der Waals surface area (Å²) in [4.78, 5) is 2.23. The second-order valence-electron chi connectivity index (χ2n) is 4.73. The molecule has 108 valence electrons. The van der Waals surface area contributed by atoms with Crippen LogP contribution in [-0.4, -0.2) is 35.7 Å². The van der Waals surface area contributed by atoms with Crippen LogP contribution < -0.4 is 5.73 Å². The van der Waals surface area contributed by atoms with Crippen LogP contribution in [0.5, 0.6) is 0 Å². The van der Waals surface area contributed by atoms with Gasteiger partial charge < -0.3 is 10.8 Å². The molecule has 0 aliphatic heterocycles. The summed E-state index contributed by atoms with van der Waals surface area (Å²) in [5.41, 5.74) is 6.91. The first-order valence-corrected chi connectivity index (χ1v) is 7.00. The van der Waals surface area contributed by atoms with Crippen molar-refractivity contribution in [2.45, 2.75) is 38.8 Å². The van der Waals surface area contributed by atoms with Crippen molar-refractivity contribution in [3.63, 3.8) is 0 Å². The Bertz CT molecular complexity index is 352. The lowest BCUT2D eigenvalue weighted by molar-refractivity contribution is 0.0995. The van der Waals surface area contributed by atoms with Crippen LogP contribution in [0.3, 0.4) is 0 Å². The fourth-order valence-corrected chi connectivity index (χ4v) is 2.61. The maximum atomic E-state index is 13.0. The van der Waals surface area contributed by atoms with E-state index in [1.54, 1.807) is 12.1 Å². The third-order valence-electron chi connectivity index (χ3n) is 3.65.